The molecule has 0 aliphatic rings. The summed E-state index contributed by atoms with van der Waals surface area (Å²) in [5, 5.41) is 4.89. The van der Waals surface area contributed by atoms with Gasteiger partial charge in [0.25, 0.3) is 11.1 Å². The highest BCUT2D eigenvalue weighted by Crippen LogP contribution is 2.34. The monoisotopic (exact) mass is 368 g/mol. The van der Waals surface area contributed by atoms with E-state index in [0.717, 1.165) is 11.3 Å². The van der Waals surface area contributed by atoms with E-state index >= 15 is 0 Å². The van der Waals surface area contributed by atoms with E-state index in [1.807, 2.05) is 0 Å². The second kappa shape index (κ2) is 6.99. The van der Waals surface area contributed by atoms with Crippen LogP contribution in [0.15, 0.2) is 20.9 Å². The quantitative estimate of drug-likeness (QED) is 0.442. The van der Waals surface area contributed by atoms with Gasteiger partial charge >= 0.3 is 0 Å². The lowest BCUT2D eigenvalue weighted by atomic mass is 10.5. The summed E-state index contributed by atoms with van der Waals surface area (Å²) >= 11 is 10.9. The molecule has 0 aromatic carbocycles. The van der Waals surface area contributed by atoms with Crippen LogP contribution in [0.1, 0.15) is 15.4 Å². The van der Waals surface area contributed by atoms with E-state index in [4.69, 9.17) is 32.5 Å². The lowest BCUT2D eigenvalue weighted by Gasteiger charge is -2.21. The Bertz CT molecular complexity index is 646. The maximum absolute atomic E-state index is 12.7. The minimum atomic E-state index is -1.77. The van der Waals surface area contributed by atoms with Gasteiger partial charge in [0.05, 0.1) is 0 Å². The normalized spacial score (nSPS) is 12.4. The number of thiophene rings is 1. The number of halogens is 2. The van der Waals surface area contributed by atoms with E-state index in [1.54, 1.807) is 18.4 Å². The molecule has 1 unspecified atom stereocenters. The molecule has 0 aliphatic heterocycles. The molecule has 6 nitrogen and oxygen atoms in total. The number of rotatable bonds is 6. The van der Waals surface area contributed by atoms with Gasteiger partial charge in [-0.15, -0.1) is 15.6 Å². The zero-order valence-electron chi connectivity index (χ0n) is 11.0. The lowest BCUT2D eigenvalue weighted by Crippen LogP contribution is -2.33. The number of carbonyl (C=O) groups excluding carboxylic acids is 1. The van der Waals surface area contributed by atoms with Crippen LogP contribution in [-0.2, 0) is 16.1 Å². The third kappa shape index (κ3) is 3.36. The number of nitrogens with zero attached hydrogens (tertiary/aromatic N) is 2. The summed E-state index contributed by atoms with van der Waals surface area (Å²) in [6.07, 6.45) is 0. The zero-order chi connectivity index (χ0) is 15.6. The van der Waals surface area contributed by atoms with Gasteiger partial charge in [0.1, 0.15) is 27.0 Å². The van der Waals surface area contributed by atoms with Crippen molar-refractivity contribution in [2.75, 3.05) is 18.1 Å². The smallest absolute Gasteiger partial charge is 0.290 e. The second-order valence-corrected chi connectivity index (χ2v) is 6.84. The molecule has 0 bridgehead atoms. The van der Waals surface area contributed by atoms with Gasteiger partial charge in [-0.25, -0.2) is 0 Å². The van der Waals surface area contributed by atoms with Crippen LogP contribution >= 0.6 is 34.5 Å². The molecular formula is C11H10Cl2N2O4S2. The van der Waals surface area contributed by atoms with Crippen LogP contribution in [0, 0.1) is 6.92 Å². The highest BCUT2D eigenvalue weighted by molar-refractivity contribution is 7.93. The Morgan fingerprint density at radius 3 is 2.90 bits per heavy atom. The molecule has 2 aromatic rings. The fourth-order valence-corrected chi connectivity index (χ4v) is 4.22. The molecule has 0 N–H and O–H groups in total. The molecule has 21 heavy (non-hydrogen) atoms. The van der Waals surface area contributed by atoms with Crippen molar-refractivity contribution >= 4 is 57.0 Å². The first-order valence-electron chi connectivity index (χ1n) is 5.54. The first-order valence-corrected chi connectivity index (χ1v) is 8.29. The molecular weight excluding hydrogens is 359 g/mol. The fourth-order valence-electron chi connectivity index (χ4n) is 1.50. The Hall–Kier alpha value is -0.770. The van der Waals surface area contributed by atoms with Crippen LogP contribution in [0.3, 0.4) is 0 Å². The van der Waals surface area contributed by atoms with Crippen molar-refractivity contribution in [1.82, 2.24) is 5.16 Å². The summed E-state index contributed by atoms with van der Waals surface area (Å²) < 4.78 is 24.0. The van der Waals surface area contributed by atoms with Crippen molar-refractivity contribution in [2.24, 2.45) is 0 Å². The van der Waals surface area contributed by atoms with Crippen LogP contribution in [0.25, 0.3) is 0 Å². The van der Waals surface area contributed by atoms with Crippen molar-refractivity contribution in [3.8, 4) is 0 Å². The van der Waals surface area contributed by atoms with E-state index in [-0.39, 0.29) is 27.4 Å². The Kier molecular flexibility index (Phi) is 5.53. The maximum Gasteiger partial charge on any atom is 0.290 e. The topological polar surface area (TPSA) is 78.6 Å². The number of ether oxygens (including phenoxy) is 1. The first kappa shape index (κ1) is 16.6. The molecule has 2 aromatic heterocycles. The fraction of sp³-hybridized carbons (Fsp3) is 0.273. The van der Waals surface area contributed by atoms with Gasteiger partial charge in [0.2, 0.25) is 4.90 Å². The van der Waals surface area contributed by atoms with E-state index in [9.17, 15) is 9.35 Å². The highest BCUT2D eigenvalue weighted by atomic mass is 35.5. The Balaban J connectivity index is 2.40. The van der Waals surface area contributed by atoms with Crippen molar-refractivity contribution in [3.63, 3.8) is 0 Å². The number of methoxy groups -OCH3 is 1. The Morgan fingerprint density at radius 2 is 2.38 bits per heavy atom. The largest absolute Gasteiger partial charge is 0.588 e. The van der Waals surface area contributed by atoms with Gasteiger partial charge in [-0.3, -0.25) is 4.79 Å². The molecule has 1 atom stereocenters. The van der Waals surface area contributed by atoms with Crippen molar-refractivity contribution in [1.29, 1.82) is 0 Å². The number of hydrogen-bond donors (Lipinski definition) is 0. The number of hydrogen-bond acceptors (Lipinski definition) is 7. The predicted molar refractivity (Wildman–Crippen MR) is 81.5 cm³/mol. The van der Waals surface area contributed by atoms with Crippen LogP contribution < -0.4 is 4.31 Å². The summed E-state index contributed by atoms with van der Waals surface area (Å²) in [7, 11) is 1.43. The minimum absolute atomic E-state index is 0.0628. The average Bonchev–Trinajstić information content (AvgIpc) is 3.05. The van der Waals surface area contributed by atoms with E-state index in [2.05, 4.69) is 5.16 Å². The summed E-state index contributed by atoms with van der Waals surface area (Å²) in [5.41, 5.74) is 0.462. The van der Waals surface area contributed by atoms with Gasteiger partial charge in [-0.2, -0.15) is 0 Å². The molecule has 0 fully saturated rings. The summed E-state index contributed by atoms with van der Waals surface area (Å²) in [6.45, 7) is 1.59. The third-order valence-corrected chi connectivity index (χ3v) is 5.61. The van der Waals surface area contributed by atoms with E-state index in [1.165, 1.54) is 11.4 Å². The molecule has 0 radical (unpaired) electrons. The second-order valence-electron chi connectivity index (χ2n) is 3.82. The SMILES string of the molecule is COCN(c1onc(C)c1Cl)[S+]([O-])c1ccsc1C(=O)Cl. The van der Waals surface area contributed by atoms with Gasteiger partial charge in [0.15, 0.2) is 6.73 Å². The maximum atomic E-state index is 12.7. The van der Waals surface area contributed by atoms with E-state index in [0.29, 0.717) is 5.69 Å². The predicted octanol–water partition coefficient (Wildman–Crippen LogP) is 3.21. The summed E-state index contributed by atoms with van der Waals surface area (Å²) in [6, 6.07) is 1.55. The van der Waals surface area contributed by atoms with Crippen LogP contribution in [0.2, 0.25) is 5.02 Å². The van der Waals surface area contributed by atoms with Crippen molar-refractivity contribution in [2.45, 2.75) is 11.8 Å². The molecule has 0 saturated carbocycles. The number of anilines is 1. The minimum Gasteiger partial charge on any atom is -0.588 e. The zero-order valence-corrected chi connectivity index (χ0v) is 14.1. The van der Waals surface area contributed by atoms with Gasteiger partial charge < -0.3 is 13.8 Å². The molecule has 2 rings (SSSR count). The molecule has 0 saturated heterocycles. The molecule has 114 valence electrons. The van der Waals surface area contributed by atoms with Crippen molar-refractivity contribution < 1.29 is 18.6 Å². The highest BCUT2D eigenvalue weighted by Gasteiger charge is 2.33. The lowest BCUT2D eigenvalue weighted by molar-refractivity contribution is 0.108. The van der Waals surface area contributed by atoms with Gasteiger partial charge in [-0.05, 0) is 23.9 Å². The Labute approximate surface area is 137 Å². The van der Waals surface area contributed by atoms with Crippen molar-refractivity contribution in [3.05, 3.63) is 27.0 Å². The summed E-state index contributed by atoms with van der Waals surface area (Å²) in [4.78, 5) is 11.8. The van der Waals surface area contributed by atoms with Crippen LogP contribution in [0.5, 0.6) is 0 Å². The Morgan fingerprint density at radius 1 is 1.67 bits per heavy atom. The first-order chi connectivity index (χ1) is 9.97. The summed E-state index contributed by atoms with van der Waals surface area (Å²) in [5.74, 6) is 0.105. The van der Waals surface area contributed by atoms with Gasteiger partial charge in [0, 0.05) is 13.2 Å². The number of aromatic nitrogens is 1. The average molecular weight is 369 g/mol. The molecule has 0 amide bonds. The number of aryl methyl sites for hydroxylation is 1. The standard InChI is InChI=1S/C11H10Cl2N2O4S2/c1-6-8(12)11(19-14-6)15(5-18-2)21(17)7-3-4-20-9(7)10(13)16/h3-4H,5H2,1-2H3. The van der Waals surface area contributed by atoms with E-state index < -0.39 is 16.6 Å². The molecule has 0 spiro atoms. The van der Waals surface area contributed by atoms with Gasteiger partial charge in [-0.1, -0.05) is 16.8 Å². The molecule has 0 aliphatic carbocycles. The molecule has 10 heteroatoms. The number of carbonyl (C=O) groups is 1. The van der Waals surface area contributed by atoms with Crippen LogP contribution in [0.4, 0.5) is 5.88 Å². The van der Waals surface area contributed by atoms with Crippen LogP contribution in [-0.4, -0.2) is 28.8 Å². The molecule has 2 heterocycles. The third-order valence-electron chi connectivity index (χ3n) is 2.44.